The number of Topliss-reactive ketones (excluding diaryl/α,β-unsaturated/α-hetero) is 1. The number of benzene rings is 1. The van der Waals surface area contributed by atoms with Crippen LogP contribution in [0.25, 0.3) is 11.3 Å². The van der Waals surface area contributed by atoms with Crippen molar-refractivity contribution < 1.29 is 14.1 Å². The fourth-order valence-corrected chi connectivity index (χ4v) is 2.36. The van der Waals surface area contributed by atoms with Crippen LogP contribution < -0.4 is 4.74 Å². The van der Waals surface area contributed by atoms with Crippen molar-refractivity contribution in [1.29, 1.82) is 0 Å². The summed E-state index contributed by atoms with van der Waals surface area (Å²) < 4.78 is 10.5. The van der Waals surface area contributed by atoms with Gasteiger partial charge in [0.1, 0.15) is 17.2 Å². The van der Waals surface area contributed by atoms with Gasteiger partial charge in [-0.3, -0.25) is 9.78 Å². The van der Waals surface area contributed by atoms with E-state index in [4.69, 9.17) is 9.26 Å². The maximum atomic E-state index is 12.2. The lowest BCUT2D eigenvalue weighted by atomic mass is 10.1. The molecule has 0 atom stereocenters. The van der Waals surface area contributed by atoms with Crippen LogP contribution in [0.4, 0.5) is 0 Å². The quantitative estimate of drug-likeness (QED) is 0.645. The van der Waals surface area contributed by atoms with Crippen LogP contribution >= 0.6 is 0 Å². The van der Waals surface area contributed by atoms with Crippen molar-refractivity contribution in [3.05, 3.63) is 65.7 Å². The van der Waals surface area contributed by atoms with Crippen LogP contribution in [0.15, 0.2) is 53.2 Å². The molecule has 0 bridgehead atoms. The molecule has 0 saturated carbocycles. The number of methoxy groups -OCH3 is 1. The molecule has 0 aliphatic rings. The topological polar surface area (TPSA) is 65.2 Å². The third-order valence-corrected chi connectivity index (χ3v) is 3.76. The zero-order valence-corrected chi connectivity index (χ0v) is 13.7. The molecule has 0 amide bonds. The highest BCUT2D eigenvalue weighted by Crippen LogP contribution is 2.24. The van der Waals surface area contributed by atoms with Gasteiger partial charge >= 0.3 is 0 Å². The van der Waals surface area contributed by atoms with Crippen LogP contribution in [-0.2, 0) is 6.42 Å². The van der Waals surface area contributed by atoms with Crippen LogP contribution in [0.2, 0.25) is 0 Å². The Morgan fingerprint density at radius 3 is 2.83 bits per heavy atom. The number of carbonyl (C=O) groups is 1. The molecular weight excluding hydrogens is 304 g/mol. The third-order valence-electron chi connectivity index (χ3n) is 3.76. The van der Waals surface area contributed by atoms with Crippen molar-refractivity contribution in [2.45, 2.75) is 19.8 Å². The van der Waals surface area contributed by atoms with Crippen LogP contribution in [-0.4, -0.2) is 23.0 Å². The van der Waals surface area contributed by atoms with E-state index in [2.05, 4.69) is 10.1 Å². The monoisotopic (exact) mass is 322 g/mol. The number of carbonyl (C=O) groups excluding carboxylic acids is 1. The molecule has 2 aromatic heterocycles. The lowest BCUT2D eigenvalue weighted by molar-refractivity contribution is 0.0980. The number of aryl methyl sites for hydroxylation is 2. The third kappa shape index (κ3) is 3.68. The van der Waals surface area contributed by atoms with E-state index < -0.39 is 0 Å². The first-order chi connectivity index (χ1) is 11.7. The molecule has 3 rings (SSSR count). The van der Waals surface area contributed by atoms with Crippen molar-refractivity contribution in [2.24, 2.45) is 0 Å². The number of ketones is 1. The predicted octanol–water partition coefficient (Wildman–Crippen LogP) is 3.87. The van der Waals surface area contributed by atoms with E-state index in [0.717, 1.165) is 22.7 Å². The summed E-state index contributed by atoms with van der Waals surface area (Å²) in [6.45, 7) is 1.89. The molecule has 0 aliphatic carbocycles. The van der Waals surface area contributed by atoms with Crippen LogP contribution in [0, 0.1) is 6.92 Å². The van der Waals surface area contributed by atoms with E-state index in [-0.39, 0.29) is 5.78 Å². The highest BCUT2D eigenvalue weighted by Gasteiger charge is 2.11. The molecule has 5 nitrogen and oxygen atoms in total. The summed E-state index contributed by atoms with van der Waals surface area (Å²) >= 11 is 0. The van der Waals surface area contributed by atoms with Gasteiger partial charge in [0.25, 0.3) is 0 Å². The van der Waals surface area contributed by atoms with Gasteiger partial charge in [0, 0.05) is 41.9 Å². The van der Waals surface area contributed by atoms with Gasteiger partial charge in [-0.1, -0.05) is 17.3 Å². The van der Waals surface area contributed by atoms with E-state index in [9.17, 15) is 4.79 Å². The smallest absolute Gasteiger partial charge is 0.164 e. The molecule has 122 valence electrons. The maximum Gasteiger partial charge on any atom is 0.164 e. The lowest BCUT2D eigenvalue weighted by Crippen LogP contribution is -2.01. The second-order valence-electron chi connectivity index (χ2n) is 5.52. The SMILES string of the molecule is COc1cccc(-c2cc(CCC(=O)c3ccc(C)nc3)on2)c1. The second kappa shape index (κ2) is 7.08. The second-order valence-corrected chi connectivity index (χ2v) is 5.52. The minimum atomic E-state index is 0.0434. The largest absolute Gasteiger partial charge is 0.497 e. The number of aromatic nitrogens is 2. The zero-order valence-electron chi connectivity index (χ0n) is 13.7. The number of hydrogen-bond donors (Lipinski definition) is 0. The van der Waals surface area contributed by atoms with Crippen LogP contribution in [0.1, 0.15) is 28.2 Å². The average molecular weight is 322 g/mol. The summed E-state index contributed by atoms with van der Waals surface area (Å²) in [5, 5.41) is 4.07. The van der Waals surface area contributed by atoms with Crippen molar-refractivity contribution in [3.8, 4) is 17.0 Å². The Morgan fingerprint density at radius 1 is 1.21 bits per heavy atom. The van der Waals surface area contributed by atoms with Gasteiger partial charge in [-0.25, -0.2) is 0 Å². The molecule has 0 unspecified atom stereocenters. The van der Waals surface area contributed by atoms with E-state index in [1.54, 1.807) is 19.4 Å². The molecule has 0 spiro atoms. The predicted molar refractivity (Wildman–Crippen MR) is 90.1 cm³/mol. The van der Waals surface area contributed by atoms with Crippen molar-refractivity contribution in [2.75, 3.05) is 7.11 Å². The van der Waals surface area contributed by atoms with Crippen LogP contribution in [0.5, 0.6) is 5.75 Å². The molecule has 2 heterocycles. The Kier molecular flexibility index (Phi) is 4.70. The molecular formula is C19H18N2O3. The molecule has 0 radical (unpaired) electrons. The maximum absolute atomic E-state index is 12.2. The molecule has 1 aromatic carbocycles. The zero-order chi connectivity index (χ0) is 16.9. The first kappa shape index (κ1) is 15.9. The van der Waals surface area contributed by atoms with Gasteiger partial charge in [0.2, 0.25) is 0 Å². The fourth-order valence-electron chi connectivity index (χ4n) is 2.36. The van der Waals surface area contributed by atoms with Gasteiger partial charge in [0.15, 0.2) is 5.78 Å². The molecule has 0 fully saturated rings. The number of hydrogen-bond acceptors (Lipinski definition) is 5. The molecule has 0 saturated heterocycles. The van der Waals surface area contributed by atoms with E-state index in [1.807, 2.05) is 43.3 Å². The van der Waals surface area contributed by atoms with E-state index in [0.29, 0.717) is 24.2 Å². The molecule has 3 aromatic rings. The minimum Gasteiger partial charge on any atom is -0.497 e. The fraction of sp³-hybridized carbons (Fsp3) is 0.211. The average Bonchev–Trinajstić information content (AvgIpc) is 3.09. The van der Waals surface area contributed by atoms with E-state index in [1.165, 1.54) is 0 Å². The van der Waals surface area contributed by atoms with Gasteiger partial charge in [-0.05, 0) is 31.2 Å². The summed E-state index contributed by atoms with van der Waals surface area (Å²) in [4.78, 5) is 16.3. The number of nitrogens with zero attached hydrogens (tertiary/aromatic N) is 2. The van der Waals surface area contributed by atoms with E-state index >= 15 is 0 Å². The lowest BCUT2D eigenvalue weighted by Gasteiger charge is -2.00. The Hall–Kier alpha value is -2.95. The van der Waals surface area contributed by atoms with Crippen molar-refractivity contribution in [3.63, 3.8) is 0 Å². The Bertz CT molecular complexity index is 838. The molecule has 0 N–H and O–H groups in total. The summed E-state index contributed by atoms with van der Waals surface area (Å²) in [5.74, 6) is 1.49. The molecule has 24 heavy (non-hydrogen) atoms. The standard InChI is InChI=1S/C19H18N2O3/c1-13-6-7-15(12-20-13)19(22)9-8-17-11-18(21-24-17)14-4-3-5-16(10-14)23-2/h3-7,10-12H,8-9H2,1-2H3. The van der Waals surface area contributed by atoms with Gasteiger partial charge in [-0.2, -0.15) is 0 Å². The number of pyridine rings is 1. The Morgan fingerprint density at radius 2 is 2.08 bits per heavy atom. The molecule has 0 aliphatic heterocycles. The Labute approximate surface area is 140 Å². The first-order valence-corrected chi connectivity index (χ1v) is 7.71. The normalized spacial score (nSPS) is 10.6. The van der Waals surface area contributed by atoms with Gasteiger partial charge in [0.05, 0.1) is 7.11 Å². The highest BCUT2D eigenvalue weighted by molar-refractivity contribution is 5.95. The summed E-state index contributed by atoms with van der Waals surface area (Å²) in [5.41, 5.74) is 3.16. The van der Waals surface area contributed by atoms with Gasteiger partial charge < -0.3 is 9.26 Å². The Balaban J connectivity index is 1.65. The van der Waals surface area contributed by atoms with Gasteiger partial charge in [-0.15, -0.1) is 0 Å². The number of rotatable bonds is 6. The molecule has 5 heteroatoms. The summed E-state index contributed by atoms with van der Waals surface area (Å²) in [6, 6.07) is 13.1. The van der Waals surface area contributed by atoms with Crippen molar-refractivity contribution >= 4 is 5.78 Å². The summed E-state index contributed by atoms with van der Waals surface area (Å²) in [7, 11) is 1.62. The first-order valence-electron chi connectivity index (χ1n) is 7.71. The van der Waals surface area contributed by atoms with Crippen LogP contribution in [0.3, 0.4) is 0 Å². The number of ether oxygens (including phenoxy) is 1. The minimum absolute atomic E-state index is 0.0434. The highest BCUT2D eigenvalue weighted by atomic mass is 16.5. The summed E-state index contributed by atoms with van der Waals surface area (Å²) in [6.07, 6.45) is 2.47. The van der Waals surface area contributed by atoms with Crippen molar-refractivity contribution in [1.82, 2.24) is 10.1 Å².